The van der Waals surface area contributed by atoms with E-state index in [9.17, 15) is 9.59 Å². The maximum absolute atomic E-state index is 12.6. The smallest absolute Gasteiger partial charge is 0.263 e. The molecule has 2 amide bonds. The van der Waals surface area contributed by atoms with Crippen LogP contribution in [0.25, 0.3) is 0 Å². The minimum absolute atomic E-state index is 0.0414. The Hall–Kier alpha value is -2.24. The fraction of sp³-hybridized carbons (Fsp3) is 0.333. The highest BCUT2D eigenvalue weighted by Gasteiger charge is 2.27. The number of piperidine rings is 1. The third-order valence-corrected chi connectivity index (χ3v) is 5.23. The van der Waals surface area contributed by atoms with Crippen molar-refractivity contribution in [1.29, 1.82) is 0 Å². The van der Waals surface area contributed by atoms with Gasteiger partial charge in [-0.15, -0.1) is 0 Å². The number of benzene rings is 2. The summed E-state index contributed by atoms with van der Waals surface area (Å²) in [5.74, 6) is 0.425. The number of nitrogens with zero attached hydrogens (tertiary/aromatic N) is 1. The van der Waals surface area contributed by atoms with Crippen LogP contribution in [0.3, 0.4) is 0 Å². The van der Waals surface area contributed by atoms with Crippen molar-refractivity contribution < 1.29 is 14.3 Å². The van der Waals surface area contributed by atoms with Gasteiger partial charge in [-0.2, -0.15) is 0 Å². The molecule has 1 atom stereocenters. The zero-order valence-corrected chi connectivity index (χ0v) is 17.0. The normalized spacial score (nSPS) is 15.8. The Morgan fingerprint density at radius 3 is 2.11 bits per heavy atom. The zero-order chi connectivity index (χ0) is 20.1. The second kappa shape index (κ2) is 9.30. The molecule has 0 aromatic heterocycles. The largest absolute Gasteiger partial charge is 0.481 e. The number of amides is 2. The number of nitrogens with one attached hydrogen (secondary N) is 1. The Morgan fingerprint density at radius 2 is 1.54 bits per heavy atom. The maximum atomic E-state index is 12.6. The van der Waals surface area contributed by atoms with Gasteiger partial charge < -0.3 is 15.0 Å². The fourth-order valence-corrected chi connectivity index (χ4v) is 3.39. The lowest BCUT2D eigenvalue weighted by atomic mass is 10.0. The highest BCUT2D eigenvalue weighted by molar-refractivity contribution is 6.30. The molecule has 7 heteroatoms. The molecule has 0 saturated carbocycles. The van der Waals surface area contributed by atoms with Gasteiger partial charge in [0.15, 0.2) is 6.10 Å². The molecule has 3 rings (SSSR count). The zero-order valence-electron chi connectivity index (χ0n) is 15.5. The maximum Gasteiger partial charge on any atom is 0.263 e. The topological polar surface area (TPSA) is 58.6 Å². The number of halogens is 2. The van der Waals surface area contributed by atoms with E-state index in [0.29, 0.717) is 47.3 Å². The SMILES string of the molecule is CC(Oc1ccc(Cl)cc1)C(=O)N1CCC(NC(=O)c2ccc(Cl)cc2)CC1. The van der Waals surface area contributed by atoms with E-state index in [1.165, 1.54) is 0 Å². The molecule has 1 saturated heterocycles. The second-order valence-electron chi connectivity index (χ2n) is 6.79. The van der Waals surface area contributed by atoms with Crippen LogP contribution in [0.15, 0.2) is 48.5 Å². The predicted octanol–water partition coefficient (Wildman–Crippen LogP) is 4.18. The molecule has 2 aromatic rings. The van der Waals surface area contributed by atoms with Crippen molar-refractivity contribution in [1.82, 2.24) is 10.2 Å². The molecular weight excluding hydrogens is 399 g/mol. The van der Waals surface area contributed by atoms with Crippen molar-refractivity contribution in [2.24, 2.45) is 0 Å². The van der Waals surface area contributed by atoms with Gasteiger partial charge in [0.05, 0.1) is 0 Å². The van der Waals surface area contributed by atoms with Crippen LogP contribution in [0, 0.1) is 0 Å². The number of hydrogen-bond donors (Lipinski definition) is 1. The molecule has 1 fully saturated rings. The third kappa shape index (κ3) is 5.40. The molecule has 1 N–H and O–H groups in total. The van der Waals surface area contributed by atoms with Crippen molar-refractivity contribution in [2.75, 3.05) is 13.1 Å². The molecule has 148 valence electrons. The van der Waals surface area contributed by atoms with Gasteiger partial charge in [-0.3, -0.25) is 9.59 Å². The standard InChI is InChI=1S/C21H22Cl2N2O3/c1-14(28-19-8-6-17(23)7-9-19)21(27)25-12-10-18(11-13-25)24-20(26)15-2-4-16(22)5-3-15/h2-9,14,18H,10-13H2,1H3,(H,24,26). The van der Waals surface area contributed by atoms with E-state index in [-0.39, 0.29) is 17.9 Å². The second-order valence-corrected chi connectivity index (χ2v) is 7.67. The van der Waals surface area contributed by atoms with Crippen molar-refractivity contribution in [3.8, 4) is 5.75 Å². The molecule has 1 unspecified atom stereocenters. The number of carbonyl (C=O) groups excluding carboxylic acids is 2. The average molecular weight is 421 g/mol. The van der Waals surface area contributed by atoms with E-state index in [1.807, 2.05) is 0 Å². The van der Waals surface area contributed by atoms with E-state index in [0.717, 1.165) is 0 Å². The third-order valence-electron chi connectivity index (χ3n) is 4.72. The summed E-state index contributed by atoms with van der Waals surface area (Å²) in [6.45, 7) is 2.91. The summed E-state index contributed by atoms with van der Waals surface area (Å²) in [5, 5.41) is 4.24. The van der Waals surface area contributed by atoms with Crippen LogP contribution in [0.5, 0.6) is 5.75 Å². The van der Waals surface area contributed by atoms with Crippen LogP contribution in [-0.4, -0.2) is 41.9 Å². The Kier molecular flexibility index (Phi) is 6.81. The summed E-state index contributed by atoms with van der Waals surface area (Å²) in [4.78, 5) is 26.7. The average Bonchev–Trinajstić information content (AvgIpc) is 2.70. The van der Waals surface area contributed by atoms with Gasteiger partial charge in [0, 0.05) is 34.7 Å². The first kappa shape index (κ1) is 20.5. The molecule has 2 aromatic carbocycles. The first-order valence-corrected chi connectivity index (χ1v) is 9.95. The predicted molar refractivity (Wildman–Crippen MR) is 110 cm³/mol. The lowest BCUT2D eigenvalue weighted by Gasteiger charge is -2.33. The molecule has 0 spiro atoms. The summed E-state index contributed by atoms with van der Waals surface area (Å²) < 4.78 is 5.71. The van der Waals surface area contributed by atoms with Gasteiger partial charge in [0.25, 0.3) is 11.8 Å². The lowest BCUT2D eigenvalue weighted by molar-refractivity contribution is -0.139. The van der Waals surface area contributed by atoms with Crippen molar-refractivity contribution in [2.45, 2.75) is 31.9 Å². The Bertz CT molecular complexity index is 817. The Balaban J connectivity index is 1.47. The number of hydrogen-bond acceptors (Lipinski definition) is 3. The minimum Gasteiger partial charge on any atom is -0.481 e. The molecule has 0 radical (unpaired) electrons. The van der Waals surface area contributed by atoms with Crippen molar-refractivity contribution >= 4 is 35.0 Å². The molecular formula is C21H22Cl2N2O3. The summed E-state index contributed by atoms with van der Waals surface area (Å²) in [5.41, 5.74) is 0.577. The number of likely N-dealkylation sites (tertiary alicyclic amines) is 1. The molecule has 1 aliphatic rings. The number of ether oxygens (including phenoxy) is 1. The van der Waals surface area contributed by atoms with Crippen LogP contribution < -0.4 is 10.1 Å². The fourth-order valence-electron chi connectivity index (χ4n) is 3.14. The van der Waals surface area contributed by atoms with E-state index >= 15 is 0 Å². The van der Waals surface area contributed by atoms with Crippen LogP contribution in [0.2, 0.25) is 10.0 Å². The Morgan fingerprint density at radius 1 is 1.00 bits per heavy atom. The van der Waals surface area contributed by atoms with Gasteiger partial charge in [0.1, 0.15) is 5.75 Å². The molecule has 0 aliphatic carbocycles. The molecule has 28 heavy (non-hydrogen) atoms. The first-order chi connectivity index (χ1) is 13.4. The van der Waals surface area contributed by atoms with Gasteiger partial charge in [-0.25, -0.2) is 0 Å². The van der Waals surface area contributed by atoms with Crippen molar-refractivity contribution in [3.63, 3.8) is 0 Å². The number of carbonyl (C=O) groups is 2. The van der Waals surface area contributed by atoms with Crippen LogP contribution >= 0.6 is 23.2 Å². The van der Waals surface area contributed by atoms with E-state index in [1.54, 1.807) is 60.4 Å². The van der Waals surface area contributed by atoms with E-state index in [4.69, 9.17) is 27.9 Å². The number of rotatable bonds is 5. The molecule has 5 nitrogen and oxygen atoms in total. The van der Waals surface area contributed by atoms with E-state index < -0.39 is 6.10 Å². The van der Waals surface area contributed by atoms with Gasteiger partial charge in [0.2, 0.25) is 0 Å². The minimum atomic E-state index is -0.582. The highest BCUT2D eigenvalue weighted by atomic mass is 35.5. The van der Waals surface area contributed by atoms with Gasteiger partial charge >= 0.3 is 0 Å². The van der Waals surface area contributed by atoms with Crippen molar-refractivity contribution in [3.05, 3.63) is 64.1 Å². The van der Waals surface area contributed by atoms with Crippen LogP contribution in [0.1, 0.15) is 30.1 Å². The summed E-state index contributed by atoms with van der Waals surface area (Å²) in [6.07, 6.45) is 0.832. The quantitative estimate of drug-likeness (QED) is 0.788. The lowest BCUT2D eigenvalue weighted by Crippen LogP contribution is -2.49. The van der Waals surface area contributed by atoms with Gasteiger partial charge in [-0.05, 0) is 68.3 Å². The van der Waals surface area contributed by atoms with Gasteiger partial charge in [-0.1, -0.05) is 23.2 Å². The molecule has 1 heterocycles. The first-order valence-electron chi connectivity index (χ1n) is 9.20. The van der Waals surface area contributed by atoms with Crippen LogP contribution in [0.4, 0.5) is 0 Å². The van der Waals surface area contributed by atoms with E-state index in [2.05, 4.69) is 5.32 Å². The monoisotopic (exact) mass is 420 g/mol. The summed E-state index contributed by atoms with van der Waals surface area (Å²) in [7, 11) is 0. The Labute approximate surface area is 174 Å². The summed E-state index contributed by atoms with van der Waals surface area (Å²) >= 11 is 11.7. The van der Waals surface area contributed by atoms with Crippen LogP contribution in [-0.2, 0) is 4.79 Å². The summed E-state index contributed by atoms with van der Waals surface area (Å²) in [6, 6.07) is 13.8. The highest BCUT2D eigenvalue weighted by Crippen LogP contribution is 2.19. The molecule has 1 aliphatic heterocycles. The molecule has 0 bridgehead atoms.